The van der Waals surface area contributed by atoms with Gasteiger partial charge in [0, 0.05) is 18.0 Å². The summed E-state index contributed by atoms with van der Waals surface area (Å²) in [7, 11) is 0. The van der Waals surface area contributed by atoms with E-state index < -0.39 is 0 Å². The minimum atomic E-state index is -0.290. The van der Waals surface area contributed by atoms with Crippen molar-refractivity contribution in [1.82, 2.24) is 4.98 Å². The number of nitrogens with one attached hydrogen (secondary N) is 2. The lowest BCUT2D eigenvalue weighted by Crippen LogP contribution is -2.15. The molecule has 136 valence electrons. The van der Waals surface area contributed by atoms with Gasteiger partial charge in [-0.2, -0.15) is 0 Å². The van der Waals surface area contributed by atoms with E-state index in [1.165, 1.54) is 6.20 Å². The van der Waals surface area contributed by atoms with Crippen molar-refractivity contribution in [2.45, 2.75) is 0 Å². The maximum Gasteiger partial charge on any atom is 0.257 e. The first-order chi connectivity index (χ1) is 13.2. The molecule has 4 rings (SSSR count). The van der Waals surface area contributed by atoms with E-state index in [0.29, 0.717) is 40.9 Å². The Morgan fingerprint density at radius 1 is 0.963 bits per heavy atom. The van der Waals surface area contributed by atoms with E-state index in [9.17, 15) is 4.79 Å². The summed E-state index contributed by atoms with van der Waals surface area (Å²) >= 11 is 6.09. The third kappa shape index (κ3) is 3.96. The Labute approximate surface area is 161 Å². The summed E-state index contributed by atoms with van der Waals surface area (Å²) in [6, 6.07) is 14.4. The van der Waals surface area contributed by atoms with Crippen molar-refractivity contribution in [3.63, 3.8) is 0 Å². The van der Waals surface area contributed by atoms with Crippen LogP contribution in [-0.4, -0.2) is 24.1 Å². The predicted octanol–water partition coefficient (Wildman–Crippen LogP) is 4.50. The fourth-order valence-corrected chi connectivity index (χ4v) is 2.86. The van der Waals surface area contributed by atoms with Crippen molar-refractivity contribution < 1.29 is 14.3 Å². The molecule has 0 spiro atoms. The number of halogens is 1. The van der Waals surface area contributed by atoms with Crippen LogP contribution >= 0.6 is 11.6 Å². The number of fused-ring (bicyclic) bond motifs is 1. The van der Waals surface area contributed by atoms with E-state index in [-0.39, 0.29) is 5.91 Å². The van der Waals surface area contributed by atoms with Crippen molar-refractivity contribution in [1.29, 1.82) is 0 Å². The number of para-hydroxylation sites is 1. The molecule has 2 heterocycles. The first-order valence-electron chi connectivity index (χ1n) is 8.37. The van der Waals surface area contributed by atoms with Gasteiger partial charge in [-0.3, -0.25) is 9.78 Å². The predicted molar refractivity (Wildman–Crippen MR) is 104 cm³/mol. The van der Waals surface area contributed by atoms with Crippen molar-refractivity contribution in [3.8, 4) is 11.5 Å². The van der Waals surface area contributed by atoms with Gasteiger partial charge in [0.25, 0.3) is 5.91 Å². The number of pyridine rings is 1. The smallest absolute Gasteiger partial charge is 0.257 e. The summed E-state index contributed by atoms with van der Waals surface area (Å²) in [5.74, 6) is 1.12. The Morgan fingerprint density at radius 2 is 1.78 bits per heavy atom. The molecule has 7 heteroatoms. The average molecular weight is 382 g/mol. The van der Waals surface area contributed by atoms with Crippen molar-refractivity contribution >= 4 is 34.6 Å². The average Bonchev–Trinajstić information content (AvgIpc) is 2.70. The van der Waals surface area contributed by atoms with E-state index in [0.717, 1.165) is 11.4 Å². The summed E-state index contributed by atoms with van der Waals surface area (Å²) in [4.78, 5) is 16.6. The van der Waals surface area contributed by atoms with Gasteiger partial charge in [0.05, 0.1) is 28.2 Å². The highest BCUT2D eigenvalue weighted by Crippen LogP contribution is 2.33. The van der Waals surface area contributed by atoms with Crippen LogP contribution in [0.15, 0.2) is 60.9 Å². The quantitative estimate of drug-likeness (QED) is 0.696. The van der Waals surface area contributed by atoms with Crippen molar-refractivity contribution in [2.24, 2.45) is 0 Å². The molecule has 1 aromatic heterocycles. The van der Waals surface area contributed by atoms with Gasteiger partial charge in [0.1, 0.15) is 13.2 Å². The molecule has 1 amide bonds. The molecule has 2 aromatic carbocycles. The number of amides is 1. The second-order valence-corrected chi connectivity index (χ2v) is 6.29. The lowest BCUT2D eigenvalue weighted by Gasteiger charge is -2.19. The van der Waals surface area contributed by atoms with Crippen LogP contribution in [0.5, 0.6) is 11.5 Å². The summed E-state index contributed by atoms with van der Waals surface area (Å²) in [6.45, 7) is 1.07. The number of carbonyl (C=O) groups is 1. The Bertz CT molecular complexity index is 994. The van der Waals surface area contributed by atoms with Gasteiger partial charge in [-0.25, -0.2) is 0 Å². The maximum atomic E-state index is 12.5. The molecule has 0 fully saturated rings. The molecule has 0 saturated carbocycles. The lowest BCUT2D eigenvalue weighted by atomic mass is 10.2. The van der Waals surface area contributed by atoms with Crippen LogP contribution in [0.3, 0.4) is 0 Å². The van der Waals surface area contributed by atoms with Crippen LogP contribution in [0.1, 0.15) is 10.4 Å². The molecule has 0 unspecified atom stereocenters. The highest BCUT2D eigenvalue weighted by Gasteiger charge is 2.13. The van der Waals surface area contributed by atoms with Gasteiger partial charge in [0.2, 0.25) is 0 Å². The molecule has 0 aliphatic carbocycles. The number of anilines is 3. The number of rotatable bonds is 4. The van der Waals surface area contributed by atoms with Gasteiger partial charge in [0.15, 0.2) is 11.5 Å². The number of carbonyl (C=O) groups excluding carboxylic acids is 1. The molecule has 0 atom stereocenters. The van der Waals surface area contributed by atoms with Crippen molar-refractivity contribution in [3.05, 3.63) is 71.5 Å². The number of benzene rings is 2. The van der Waals surface area contributed by atoms with Crippen LogP contribution in [0.25, 0.3) is 0 Å². The molecule has 6 nitrogen and oxygen atoms in total. The van der Waals surface area contributed by atoms with Crippen LogP contribution in [-0.2, 0) is 0 Å². The van der Waals surface area contributed by atoms with Gasteiger partial charge in [-0.15, -0.1) is 0 Å². The first-order valence-corrected chi connectivity index (χ1v) is 8.74. The third-order valence-corrected chi connectivity index (χ3v) is 4.28. The van der Waals surface area contributed by atoms with Gasteiger partial charge >= 0.3 is 0 Å². The molecule has 0 radical (unpaired) electrons. The molecular weight excluding hydrogens is 366 g/mol. The molecule has 3 aromatic rings. The fraction of sp³-hybridized carbons (Fsp3) is 0.100. The van der Waals surface area contributed by atoms with Gasteiger partial charge in [-0.1, -0.05) is 23.7 Å². The first kappa shape index (κ1) is 17.2. The normalized spacial score (nSPS) is 12.3. The Kier molecular flexibility index (Phi) is 4.80. The molecule has 0 saturated heterocycles. The Morgan fingerprint density at radius 3 is 2.63 bits per heavy atom. The topological polar surface area (TPSA) is 72.5 Å². The van der Waals surface area contributed by atoms with E-state index in [1.807, 2.05) is 18.2 Å². The number of nitrogens with zero attached hydrogens (tertiary/aromatic N) is 1. The van der Waals surface area contributed by atoms with E-state index in [1.54, 1.807) is 36.5 Å². The minimum absolute atomic E-state index is 0.290. The molecule has 1 aliphatic heterocycles. The standard InChI is InChI=1S/C20H16ClN3O3/c21-16-3-1-2-4-17(16)24-20(25)13-9-15(12-22-11-13)23-14-5-6-18-19(10-14)27-8-7-26-18/h1-6,9-12,23H,7-8H2,(H,24,25). The monoisotopic (exact) mass is 381 g/mol. The van der Waals surface area contributed by atoms with Crippen LogP contribution in [0.4, 0.5) is 17.1 Å². The van der Waals surface area contributed by atoms with Crippen LogP contribution < -0.4 is 20.1 Å². The highest BCUT2D eigenvalue weighted by atomic mass is 35.5. The fourth-order valence-electron chi connectivity index (χ4n) is 2.68. The lowest BCUT2D eigenvalue weighted by molar-refractivity contribution is 0.102. The Hall–Kier alpha value is -3.25. The molecule has 27 heavy (non-hydrogen) atoms. The zero-order valence-electron chi connectivity index (χ0n) is 14.2. The SMILES string of the molecule is O=C(Nc1ccccc1Cl)c1cncc(Nc2ccc3c(c2)OCCO3)c1. The van der Waals surface area contributed by atoms with E-state index in [4.69, 9.17) is 21.1 Å². The van der Waals surface area contributed by atoms with Gasteiger partial charge < -0.3 is 20.1 Å². The molecule has 2 N–H and O–H groups in total. The maximum absolute atomic E-state index is 12.5. The summed E-state index contributed by atoms with van der Waals surface area (Å²) in [5.41, 5.74) is 2.45. The largest absolute Gasteiger partial charge is 0.486 e. The number of hydrogen-bond donors (Lipinski definition) is 2. The van der Waals surface area contributed by atoms with Crippen molar-refractivity contribution in [2.75, 3.05) is 23.8 Å². The highest BCUT2D eigenvalue weighted by molar-refractivity contribution is 6.33. The van der Waals surface area contributed by atoms with E-state index in [2.05, 4.69) is 15.6 Å². The Balaban J connectivity index is 1.51. The summed E-state index contributed by atoms with van der Waals surface area (Å²) in [5, 5.41) is 6.48. The van der Waals surface area contributed by atoms with Gasteiger partial charge in [-0.05, 0) is 30.3 Å². The third-order valence-electron chi connectivity index (χ3n) is 3.95. The minimum Gasteiger partial charge on any atom is -0.486 e. The molecular formula is C20H16ClN3O3. The van der Waals surface area contributed by atoms with E-state index >= 15 is 0 Å². The van der Waals surface area contributed by atoms with Crippen LogP contribution in [0, 0.1) is 0 Å². The number of aromatic nitrogens is 1. The molecule has 0 bridgehead atoms. The second kappa shape index (κ2) is 7.55. The zero-order chi connectivity index (χ0) is 18.6. The zero-order valence-corrected chi connectivity index (χ0v) is 15.0. The summed E-state index contributed by atoms with van der Waals surface area (Å²) in [6.07, 6.45) is 3.14. The second-order valence-electron chi connectivity index (χ2n) is 5.88. The summed E-state index contributed by atoms with van der Waals surface area (Å²) < 4.78 is 11.1. The number of hydrogen-bond acceptors (Lipinski definition) is 5. The molecule has 1 aliphatic rings. The van der Waals surface area contributed by atoms with Crippen LogP contribution in [0.2, 0.25) is 5.02 Å². The number of ether oxygens (including phenoxy) is 2.